The topological polar surface area (TPSA) is 75.7 Å². The van der Waals surface area contributed by atoms with Crippen molar-refractivity contribution in [3.63, 3.8) is 0 Å². The number of likely N-dealkylation sites (tertiary alicyclic amines) is 1. The van der Waals surface area contributed by atoms with Gasteiger partial charge in [0, 0.05) is 19.6 Å². The predicted octanol–water partition coefficient (Wildman–Crippen LogP) is 3.79. The Hall–Kier alpha value is -2.38. The molecule has 32 heavy (non-hydrogen) atoms. The van der Waals surface area contributed by atoms with Crippen molar-refractivity contribution >= 4 is 15.9 Å². The fourth-order valence-corrected chi connectivity index (χ4v) is 5.17. The number of sulfonamides is 1. The number of rotatable bonds is 9. The Bertz CT molecular complexity index is 998. The van der Waals surface area contributed by atoms with Crippen molar-refractivity contribution in [3.05, 3.63) is 59.7 Å². The molecule has 0 atom stereocenters. The molecule has 0 aromatic heterocycles. The Balaban J connectivity index is 1.48. The van der Waals surface area contributed by atoms with Crippen LogP contribution < -0.4 is 9.46 Å². The molecule has 1 amide bonds. The molecule has 174 valence electrons. The maximum atomic E-state index is 12.6. The summed E-state index contributed by atoms with van der Waals surface area (Å²) in [5, 5.41) is 0. The zero-order valence-electron chi connectivity index (χ0n) is 19.2. The number of carbonyl (C=O) groups is 1. The van der Waals surface area contributed by atoms with Crippen LogP contribution >= 0.6 is 0 Å². The van der Waals surface area contributed by atoms with Gasteiger partial charge in [0.2, 0.25) is 10.0 Å². The summed E-state index contributed by atoms with van der Waals surface area (Å²) < 4.78 is 33.1. The third kappa shape index (κ3) is 6.81. The van der Waals surface area contributed by atoms with E-state index in [1.807, 2.05) is 24.8 Å². The van der Waals surface area contributed by atoms with Gasteiger partial charge in [-0.1, -0.05) is 44.2 Å². The number of nitrogens with zero attached hydrogens (tertiary/aromatic N) is 1. The van der Waals surface area contributed by atoms with Crippen molar-refractivity contribution < 1.29 is 17.9 Å². The summed E-state index contributed by atoms with van der Waals surface area (Å²) in [5.41, 5.74) is 2.03. The molecular formula is C25H34N2O4S. The average Bonchev–Trinajstić information content (AvgIpc) is 2.78. The number of ether oxygens (including phenoxy) is 1. The summed E-state index contributed by atoms with van der Waals surface area (Å²) in [6, 6.07) is 15.2. The van der Waals surface area contributed by atoms with Crippen LogP contribution in [-0.4, -0.2) is 45.5 Å². The number of aryl methyl sites for hydroxylation is 1. The number of amides is 1. The molecule has 0 aliphatic carbocycles. The molecule has 0 unspecified atom stereocenters. The fourth-order valence-electron chi connectivity index (χ4n) is 3.88. The number of piperidine rings is 1. The highest BCUT2D eigenvalue weighted by molar-refractivity contribution is 7.89. The molecule has 3 rings (SSSR count). The molecule has 0 radical (unpaired) electrons. The maximum Gasteiger partial charge on any atom is 0.260 e. The lowest BCUT2D eigenvalue weighted by molar-refractivity contribution is -0.134. The Morgan fingerprint density at radius 1 is 1.12 bits per heavy atom. The van der Waals surface area contributed by atoms with Crippen molar-refractivity contribution in [2.75, 3.05) is 26.2 Å². The molecule has 2 aromatic rings. The molecule has 1 saturated heterocycles. The second-order valence-electron chi connectivity index (χ2n) is 8.98. The normalized spacial score (nSPS) is 15.2. The molecule has 0 saturated carbocycles. The number of carbonyl (C=O) groups excluding carboxylic acids is 1. The quantitative estimate of drug-likeness (QED) is 0.620. The molecule has 1 aliphatic rings. The lowest BCUT2D eigenvalue weighted by Crippen LogP contribution is -2.41. The van der Waals surface area contributed by atoms with Crippen molar-refractivity contribution in [1.29, 1.82) is 0 Å². The maximum absolute atomic E-state index is 12.6. The minimum absolute atomic E-state index is 0.0298. The van der Waals surface area contributed by atoms with E-state index >= 15 is 0 Å². The van der Waals surface area contributed by atoms with Gasteiger partial charge in [-0.15, -0.1) is 0 Å². The second-order valence-corrected chi connectivity index (χ2v) is 10.7. The molecule has 0 spiro atoms. The zero-order chi connectivity index (χ0) is 23.1. The fraction of sp³-hybridized carbons (Fsp3) is 0.480. The summed E-state index contributed by atoms with van der Waals surface area (Å²) in [7, 11) is -3.55. The predicted molar refractivity (Wildman–Crippen MR) is 126 cm³/mol. The average molecular weight is 459 g/mol. The summed E-state index contributed by atoms with van der Waals surface area (Å²) in [4.78, 5) is 14.7. The lowest BCUT2D eigenvalue weighted by Gasteiger charge is -2.32. The summed E-state index contributed by atoms with van der Waals surface area (Å²) >= 11 is 0. The van der Waals surface area contributed by atoms with Gasteiger partial charge >= 0.3 is 0 Å². The molecule has 1 N–H and O–H groups in total. The van der Waals surface area contributed by atoms with Crippen molar-refractivity contribution in [1.82, 2.24) is 9.62 Å². The first-order valence-corrected chi connectivity index (χ1v) is 12.8. The SMILES string of the molecule is Cc1cc(S(=O)(=O)NCC(C)C)ccc1OCC(=O)N1CCC(Cc2ccccc2)CC1. The molecule has 6 nitrogen and oxygen atoms in total. The van der Waals surface area contributed by atoms with Gasteiger partial charge in [0.15, 0.2) is 6.61 Å². The van der Waals surface area contributed by atoms with Crippen LogP contribution in [0.15, 0.2) is 53.4 Å². The van der Waals surface area contributed by atoms with Crippen molar-refractivity contribution in [2.45, 2.75) is 44.9 Å². The van der Waals surface area contributed by atoms with Gasteiger partial charge in [-0.25, -0.2) is 13.1 Å². The zero-order valence-corrected chi connectivity index (χ0v) is 20.0. The standard InChI is InChI=1S/C25H34N2O4S/c1-19(2)17-26-32(29,30)23-9-10-24(20(3)15-23)31-18-25(28)27-13-11-22(12-14-27)16-21-7-5-4-6-8-21/h4-10,15,19,22,26H,11-14,16-18H2,1-3H3. The van der Waals surface area contributed by atoms with E-state index in [-0.39, 0.29) is 23.3 Å². The van der Waals surface area contributed by atoms with Crippen molar-refractivity contribution in [2.24, 2.45) is 11.8 Å². The third-order valence-electron chi connectivity index (χ3n) is 5.82. The number of hydrogen-bond acceptors (Lipinski definition) is 4. The first-order valence-electron chi connectivity index (χ1n) is 11.3. The minimum Gasteiger partial charge on any atom is -0.483 e. The molecule has 1 fully saturated rings. The smallest absolute Gasteiger partial charge is 0.260 e. The number of nitrogens with one attached hydrogen (secondary N) is 1. The van der Waals surface area contributed by atoms with Crippen LogP contribution in [0, 0.1) is 18.8 Å². The second kappa shape index (κ2) is 11.0. The Labute approximate surface area is 192 Å². The Morgan fingerprint density at radius 2 is 1.81 bits per heavy atom. The van der Waals surface area contributed by atoms with E-state index in [1.54, 1.807) is 19.1 Å². The summed E-state index contributed by atoms with van der Waals surface area (Å²) in [6.07, 6.45) is 3.05. The van der Waals surface area contributed by atoms with Crippen LogP contribution in [-0.2, 0) is 21.2 Å². The van der Waals surface area contributed by atoms with Crippen LogP contribution in [0.1, 0.15) is 37.8 Å². The number of benzene rings is 2. The van der Waals surface area contributed by atoms with Gasteiger partial charge in [0.05, 0.1) is 4.90 Å². The third-order valence-corrected chi connectivity index (χ3v) is 7.25. The minimum atomic E-state index is -3.55. The summed E-state index contributed by atoms with van der Waals surface area (Å²) in [5.74, 6) is 1.32. The lowest BCUT2D eigenvalue weighted by atomic mass is 9.90. The van der Waals surface area contributed by atoms with Gasteiger partial charge in [0.1, 0.15) is 5.75 Å². The van der Waals surface area contributed by atoms with E-state index in [4.69, 9.17) is 4.74 Å². The molecule has 1 heterocycles. The van der Waals surface area contributed by atoms with Gasteiger partial charge < -0.3 is 9.64 Å². The van der Waals surface area contributed by atoms with Gasteiger partial charge in [-0.3, -0.25) is 4.79 Å². The van der Waals surface area contributed by atoms with Crippen LogP contribution in [0.25, 0.3) is 0 Å². The van der Waals surface area contributed by atoms with Crippen molar-refractivity contribution in [3.8, 4) is 5.75 Å². The molecule has 2 aromatic carbocycles. The van der Waals surface area contributed by atoms with Crippen LogP contribution in [0.2, 0.25) is 0 Å². The monoisotopic (exact) mass is 458 g/mol. The van der Waals surface area contributed by atoms with E-state index in [0.717, 1.165) is 32.4 Å². The van der Waals surface area contributed by atoms with Gasteiger partial charge in [-0.2, -0.15) is 0 Å². The summed E-state index contributed by atoms with van der Waals surface area (Å²) in [6.45, 7) is 7.53. The molecule has 1 aliphatic heterocycles. The first-order chi connectivity index (χ1) is 15.2. The Morgan fingerprint density at radius 3 is 2.44 bits per heavy atom. The Kier molecular flexibility index (Phi) is 8.32. The van der Waals surface area contributed by atoms with Gasteiger partial charge in [0.25, 0.3) is 5.91 Å². The van der Waals surface area contributed by atoms with Crippen LogP contribution in [0.3, 0.4) is 0 Å². The highest BCUT2D eigenvalue weighted by atomic mass is 32.2. The molecular weight excluding hydrogens is 424 g/mol. The number of hydrogen-bond donors (Lipinski definition) is 1. The molecule has 7 heteroatoms. The highest BCUT2D eigenvalue weighted by Crippen LogP contribution is 2.24. The van der Waals surface area contributed by atoms with E-state index in [2.05, 4.69) is 29.0 Å². The van der Waals surface area contributed by atoms with E-state index in [9.17, 15) is 13.2 Å². The van der Waals surface area contributed by atoms with E-state index in [0.29, 0.717) is 23.8 Å². The van der Waals surface area contributed by atoms with Crippen LogP contribution in [0.4, 0.5) is 0 Å². The van der Waals surface area contributed by atoms with E-state index in [1.165, 1.54) is 11.6 Å². The highest BCUT2D eigenvalue weighted by Gasteiger charge is 2.23. The van der Waals surface area contributed by atoms with Crippen LogP contribution in [0.5, 0.6) is 5.75 Å². The van der Waals surface area contributed by atoms with Gasteiger partial charge in [-0.05, 0) is 67.3 Å². The largest absolute Gasteiger partial charge is 0.483 e. The van der Waals surface area contributed by atoms with E-state index < -0.39 is 10.0 Å². The first kappa shape index (κ1) is 24.3. The molecule has 0 bridgehead atoms.